The quantitative estimate of drug-likeness (QED) is 0.206. The van der Waals surface area contributed by atoms with Crippen LogP contribution >= 0.6 is 15.9 Å². The fraction of sp³-hybridized carbons (Fsp3) is 0.281. The Balaban J connectivity index is 1.93. The van der Waals surface area contributed by atoms with Crippen LogP contribution in [0.25, 0.3) is 22.5 Å². The highest BCUT2D eigenvalue weighted by Gasteiger charge is 2.25. The van der Waals surface area contributed by atoms with E-state index in [1.807, 2.05) is 65.3 Å². The topological polar surface area (TPSA) is 107 Å². The third kappa shape index (κ3) is 7.18. The van der Waals surface area contributed by atoms with Crippen LogP contribution in [0.5, 0.6) is 5.75 Å². The minimum absolute atomic E-state index is 0.0596. The molecule has 4 rings (SSSR count). The van der Waals surface area contributed by atoms with Gasteiger partial charge in [0, 0.05) is 34.1 Å². The predicted molar refractivity (Wildman–Crippen MR) is 160 cm³/mol. The molecule has 40 heavy (non-hydrogen) atoms. The fourth-order valence-corrected chi connectivity index (χ4v) is 5.04. The SMILES string of the molecule is CC(C)(C)c1ccc(-c2nn(CCc3ccccc3)c(-c3cccc(Br)c3)c2CCC(=O)O)c(OCC(N)=O)c1. The Morgan fingerprint density at radius 2 is 1.75 bits per heavy atom. The van der Waals surface area contributed by atoms with Crippen LogP contribution in [0.1, 0.15) is 43.9 Å². The molecule has 0 fully saturated rings. The molecule has 3 N–H and O–H groups in total. The fourth-order valence-electron chi connectivity index (χ4n) is 4.64. The summed E-state index contributed by atoms with van der Waals surface area (Å²) in [7, 11) is 0. The zero-order valence-corrected chi connectivity index (χ0v) is 24.6. The summed E-state index contributed by atoms with van der Waals surface area (Å²) in [5, 5.41) is 14.7. The highest BCUT2D eigenvalue weighted by molar-refractivity contribution is 9.10. The van der Waals surface area contributed by atoms with Crippen molar-refractivity contribution in [1.29, 1.82) is 0 Å². The van der Waals surface area contributed by atoms with Gasteiger partial charge in [-0.3, -0.25) is 14.3 Å². The summed E-state index contributed by atoms with van der Waals surface area (Å²) in [6.45, 7) is 6.60. The van der Waals surface area contributed by atoms with E-state index in [1.54, 1.807) is 0 Å². The van der Waals surface area contributed by atoms with E-state index in [9.17, 15) is 14.7 Å². The molecule has 0 aliphatic carbocycles. The van der Waals surface area contributed by atoms with Crippen LogP contribution in [-0.4, -0.2) is 33.4 Å². The van der Waals surface area contributed by atoms with E-state index in [-0.39, 0.29) is 24.9 Å². The Labute approximate surface area is 243 Å². The molecule has 0 atom stereocenters. The number of primary amides is 1. The van der Waals surface area contributed by atoms with Gasteiger partial charge in [-0.05, 0) is 53.6 Å². The first-order valence-corrected chi connectivity index (χ1v) is 14.0. The molecule has 0 spiro atoms. The van der Waals surface area contributed by atoms with Crippen molar-refractivity contribution in [3.8, 4) is 28.3 Å². The summed E-state index contributed by atoms with van der Waals surface area (Å²) >= 11 is 3.58. The summed E-state index contributed by atoms with van der Waals surface area (Å²) in [6, 6.07) is 24.0. The van der Waals surface area contributed by atoms with Crippen LogP contribution in [0.4, 0.5) is 0 Å². The van der Waals surface area contributed by atoms with Crippen LogP contribution in [0.3, 0.4) is 0 Å². The standard InChI is InChI=1S/C32H34BrN3O4/c1-32(2,3)23-12-13-25(27(19-23)40-20-28(34)37)30-26(14-15-29(38)39)31(22-10-7-11-24(33)18-22)36(35-30)17-16-21-8-5-4-6-9-21/h4-13,18-19H,14-17,20H2,1-3H3,(H2,34,37)(H,38,39). The number of carboxylic acids is 1. The van der Waals surface area contributed by atoms with Crippen molar-refractivity contribution < 1.29 is 19.4 Å². The van der Waals surface area contributed by atoms with E-state index in [0.717, 1.165) is 33.3 Å². The minimum atomic E-state index is -0.892. The largest absolute Gasteiger partial charge is 0.483 e. The molecule has 1 aromatic heterocycles. The summed E-state index contributed by atoms with van der Waals surface area (Å²) in [5.41, 5.74) is 11.4. The van der Waals surface area contributed by atoms with Crippen molar-refractivity contribution in [2.75, 3.05) is 6.61 Å². The first-order valence-electron chi connectivity index (χ1n) is 13.2. The van der Waals surface area contributed by atoms with Crippen molar-refractivity contribution in [3.05, 3.63) is 94.0 Å². The Morgan fingerprint density at radius 3 is 2.40 bits per heavy atom. The molecule has 0 aliphatic rings. The number of benzene rings is 3. The number of nitrogens with two attached hydrogens (primary N) is 1. The first kappa shape index (κ1) is 29.1. The number of nitrogens with zero attached hydrogens (tertiary/aromatic N) is 2. The summed E-state index contributed by atoms with van der Waals surface area (Å²) in [6.07, 6.45) is 0.958. The van der Waals surface area contributed by atoms with Crippen LogP contribution in [0.2, 0.25) is 0 Å². The Morgan fingerprint density at radius 1 is 1.00 bits per heavy atom. The van der Waals surface area contributed by atoms with Crippen LogP contribution in [0.15, 0.2) is 77.3 Å². The molecule has 3 aromatic carbocycles. The van der Waals surface area contributed by atoms with Gasteiger partial charge in [-0.25, -0.2) is 0 Å². The Bertz CT molecular complexity index is 1510. The molecule has 0 saturated heterocycles. The van der Waals surface area contributed by atoms with Crippen molar-refractivity contribution in [2.24, 2.45) is 5.73 Å². The van der Waals surface area contributed by atoms with Crippen molar-refractivity contribution in [1.82, 2.24) is 9.78 Å². The smallest absolute Gasteiger partial charge is 0.303 e. The van der Waals surface area contributed by atoms with Gasteiger partial charge >= 0.3 is 5.97 Å². The molecule has 7 nitrogen and oxygen atoms in total. The minimum Gasteiger partial charge on any atom is -0.483 e. The predicted octanol–water partition coefficient (Wildman–Crippen LogP) is 6.40. The molecule has 1 amide bonds. The molecule has 0 unspecified atom stereocenters. The number of hydrogen-bond acceptors (Lipinski definition) is 4. The van der Waals surface area contributed by atoms with Crippen LogP contribution in [0, 0.1) is 0 Å². The van der Waals surface area contributed by atoms with Gasteiger partial charge in [0.15, 0.2) is 6.61 Å². The summed E-state index contributed by atoms with van der Waals surface area (Å²) in [5.74, 6) is -0.991. The van der Waals surface area contributed by atoms with Crippen molar-refractivity contribution in [2.45, 2.75) is 52.0 Å². The lowest BCUT2D eigenvalue weighted by Crippen LogP contribution is -2.20. The Hall–Kier alpha value is -3.91. The lowest BCUT2D eigenvalue weighted by Gasteiger charge is -2.21. The van der Waals surface area contributed by atoms with E-state index in [4.69, 9.17) is 15.6 Å². The van der Waals surface area contributed by atoms with Gasteiger partial charge in [-0.15, -0.1) is 0 Å². The normalized spacial score (nSPS) is 11.4. The third-order valence-corrected chi connectivity index (χ3v) is 7.16. The number of hydrogen-bond donors (Lipinski definition) is 2. The van der Waals surface area contributed by atoms with Gasteiger partial charge < -0.3 is 15.6 Å². The highest BCUT2D eigenvalue weighted by atomic mass is 79.9. The van der Waals surface area contributed by atoms with E-state index in [2.05, 4.69) is 48.8 Å². The average Bonchev–Trinajstić information content (AvgIpc) is 3.27. The number of carbonyl (C=O) groups is 2. The number of halogens is 1. The molecule has 0 bridgehead atoms. The molecular formula is C32H34BrN3O4. The van der Waals surface area contributed by atoms with Gasteiger partial charge in [0.2, 0.25) is 0 Å². The summed E-state index contributed by atoms with van der Waals surface area (Å²) < 4.78 is 8.79. The van der Waals surface area contributed by atoms with Gasteiger partial charge in [0.05, 0.1) is 11.4 Å². The molecular weight excluding hydrogens is 570 g/mol. The average molecular weight is 605 g/mol. The van der Waals surface area contributed by atoms with Crippen molar-refractivity contribution >= 4 is 27.8 Å². The number of rotatable bonds is 11. The Kier molecular flexibility index (Phi) is 9.10. The van der Waals surface area contributed by atoms with Gasteiger partial charge in [-0.2, -0.15) is 5.10 Å². The number of aryl methyl sites for hydroxylation is 2. The second kappa shape index (κ2) is 12.5. The molecule has 0 saturated carbocycles. The molecule has 208 valence electrons. The van der Waals surface area contributed by atoms with E-state index >= 15 is 0 Å². The maximum absolute atomic E-state index is 11.7. The van der Waals surface area contributed by atoms with Crippen molar-refractivity contribution in [3.63, 3.8) is 0 Å². The summed E-state index contributed by atoms with van der Waals surface area (Å²) in [4.78, 5) is 23.4. The van der Waals surface area contributed by atoms with E-state index in [0.29, 0.717) is 23.6 Å². The molecule has 4 aromatic rings. The number of aliphatic carboxylic acids is 1. The number of carboxylic acid groups (broad SMARTS) is 1. The third-order valence-electron chi connectivity index (χ3n) is 6.67. The molecule has 1 heterocycles. The molecule has 0 aliphatic heterocycles. The zero-order valence-electron chi connectivity index (χ0n) is 23.0. The second-order valence-electron chi connectivity index (χ2n) is 10.8. The monoisotopic (exact) mass is 603 g/mol. The number of carbonyl (C=O) groups excluding carboxylic acids is 1. The maximum atomic E-state index is 11.7. The van der Waals surface area contributed by atoms with E-state index in [1.165, 1.54) is 5.56 Å². The molecule has 8 heteroatoms. The molecule has 0 radical (unpaired) electrons. The lowest BCUT2D eigenvalue weighted by molar-refractivity contribution is -0.137. The highest BCUT2D eigenvalue weighted by Crippen LogP contribution is 2.40. The zero-order chi connectivity index (χ0) is 28.9. The van der Waals surface area contributed by atoms with Gasteiger partial charge in [0.25, 0.3) is 5.91 Å². The second-order valence-corrected chi connectivity index (χ2v) is 11.7. The van der Waals surface area contributed by atoms with Gasteiger partial charge in [0.1, 0.15) is 5.75 Å². The lowest BCUT2D eigenvalue weighted by atomic mass is 9.85. The number of aromatic nitrogens is 2. The van der Waals surface area contributed by atoms with Crippen LogP contribution in [-0.2, 0) is 34.4 Å². The van der Waals surface area contributed by atoms with Crippen LogP contribution < -0.4 is 10.5 Å². The maximum Gasteiger partial charge on any atom is 0.303 e. The first-order chi connectivity index (χ1) is 19.0. The van der Waals surface area contributed by atoms with E-state index < -0.39 is 11.9 Å². The number of amides is 1. The number of ether oxygens (including phenoxy) is 1. The van der Waals surface area contributed by atoms with Gasteiger partial charge in [-0.1, -0.05) is 85.2 Å².